The van der Waals surface area contributed by atoms with Crippen molar-refractivity contribution >= 4 is 10.0 Å². The van der Waals surface area contributed by atoms with Crippen LogP contribution < -0.4 is 10.3 Å². The predicted octanol–water partition coefficient (Wildman–Crippen LogP) is 1.16. The van der Waals surface area contributed by atoms with E-state index in [2.05, 4.69) is 28.5 Å². The van der Waals surface area contributed by atoms with E-state index in [-0.39, 0.29) is 16.5 Å². The van der Waals surface area contributed by atoms with Crippen LogP contribution in [0.4, 0.5) is 0 Å². The van der Waals surface area contributed by atoms with Crippen LogP contribution in [-0.2, 0) is 10.0 Å². The zero-order valence-corrected chi connectivity index (χ0v) is 13.7. The lowest BCUT2D eigenvalue weighted by Crippen LogP contribution is -2.34. The quantitative estimate of drug-likeness (QED) is 0.716. The molecule has 0 aromatic carbocycles. The summed E-state index contributed by atoms with van der Waals surface area (Å²) in [5.74, 6) is 0. The topological polar surface area (TPSA) is 82.3 Å². The SMILES string of the molecule is CCN(CC)CCCC(C)NS(=O)(=O)c1ccc(=O)[nH]c1. The van der Waals surface area contributed by atoms with Gasteiger partial charge in [0.05, 0.1) is 4.90 Å². The summed E-state index contributed by atoms with van der Waals surface area (Å²) in [6, 6.07) is 2.38. The highest BCUT2D eigenvalue weighted by atomic mass is 32.2. The molecule has 2 N–H and O–H groups in total. The Bertz CT molecular complexity index is 559. The maximum atomic E-state index is 12.1. The third-order valence-corrected chi connectivity index (χ3v) is 5.02. The van der Waals surface area contributed by atoms with Gasteiger partial charge in [0, 0.05) is 18.3 Å². The van der Waals surface area contributed by atoms with Crippen molar-refractivity contribution in [2.45, 2.75) is 44.6 Å². The highest BCUT2D eigenvalue weighted by Gasteiger charge is 2.17. The fraction of sp³-hybridized carbons (Fsp3) is 0.643. The van der Waals surface area contributed by atoms with Crippen molar-refractivity contribution in [3.8, 4) is 0 Å². The summed E-state index contributed by atoms with van der Waals surface area (Å²) in [5.41, 5.74) is -0.318. The third-order valence-electron chi connectivity index (χ3n) is 3.43. The Morgan fingerprint density at radius 3 is 2.48 bits per heavy atom. The first kappa shape index (κ1) is 17.9. The van der Waals surface area contributed by atoms with Crippen LogP contribution in [0.1, 0.15) is 33.6 Å². The maximum absolute atomic E-state index is 12.1. The lowest BCUT2D eigenvalue weighted by molar-refractivity contribution is 0.293. The molecule has 1 heterocycles. The molecule has 7 heteroatoms. The normalized spacial score (nSPS) is 13.5. The lowest BCUT2D eigenvalue weighted by Gasteiger charge is -2.19. The van der Waals surface area contributed by atoms with E-state index < -0.39 is 10.0 Å². The van der Waals surface area contributed by atoms with Crippen molar-refractivity contribution in [2.75, 3.05) is 19.6 Å². The molecule has 0 aliphatic heterocycles. The van der Waals surface area contributed by atoms with E-state index in [0.717, 1.165) is 32.5 Å². The molecule has 1 unspecified atom stereocenters. The average Bonchev–Trinajstić information content (AvgIpc) is 2.43. The van der Waals surface area contributed by atoms with E-state index in [1.54, 1.807) is 0 Å². The number of hydrogen-bond acceptors (Lipinski definition) is 4. The number of rotatable bonds is 9. The van der Waals surface area contributed by atoms with E-state index >= 15 is 0 Å². The third kappa shape index (κ3) is 5.99. The van der Waals surface area contributed by atoms with Crippen molar-refractivity contribution in [2.24, 2.45) is 0 Å². The van der Waals surface area contributed by atoms with Crippen LogP contribution in [0.5, 0.6) is 0 Å². The maximum Gasteiger partial charge on any atom is 0.247 e. The van der Waals surface area contributed by atoms with Gasteiger partial charge < -0.3 is 9.88 Å². The van der Waals surface area contributed by atoms with Crippen molar-refractivity contribution in [3.63, 3.8) is 0 Å². The van der Waals surface area contributed by atoms with Gasteiger partial charge in [-0.15, -0.1) is 0 Å². The summed E-state index contributed by atoms with van der Waals surface area (Å²) in [5, 5.41) is 0. The van der Waals surface area contributed by atoms with Crippen LogP contribution in [0.15, 0.2) is 28.0 Å². The first-order valence-corrected chi connectivity index (χ1v) is 8.80. The Balaban J connectivity index is 2.51. The van der Waals surface area contributed by atoms with Gasteiger partial charge in [0.15, 0.2) is 0 Å². The second-order valence-electron chi connectivity index (χ2n) is 5.08. The van der Waals surface area contributed by atoms with Crippen molar-refractivity contribution in [1.29, 1.82) is 0 Å². The number of nitrogens with one attached hydrogen (secondary N) is 2. The van der Waals surface area contributed by atoms with E-state index in [4.69, 9.17) is 0 Å². The van der Waals surface area contributed by atoms with Gasteiger partial charge in [-0.1, -0.05) is 13.8 Å². The summed E-state index contributed by atoms with van der Waals surface area (Å²) in [7, 11) is -3.57. The Labute approximate surface area is 126 Å². The van der Waals surface area contributed by atoms with Crippen LogP contribution >= 0.6 is 0 Å². The van der Waals surface area contributed by atoms with Crippen molar-refractivity contribution in [1.82, 2.24) is 14.6 Å². The highest BCUT2D eigenvalue weighted by molar-refractivity contribution is 7.89. The number of aromatic amines is 1. The van der Waals surface area contributed by atoms with Gasteiger partial charge >= 0.3 is 0 Å². The minimum absolute atomic E-state index is 0.0812. The molecule has 0 radical (unpaired) electrons. The number of pyridine rings is 1. The molecule has 0 bridgehead atoms. The number of nitrogens with zero attached hydrogens (tertiary/aromatic N) is 1. The minimum Gasteiger partial charge on any atom is -0.328 e. The molecule has 0 spiro atoms. The van der Waals surface area contributed by atoms with E-state index in [1.807, 2.05) is 6.92 Å². The van der Waals surface area contributed by atoms with E-state index in [1.165, 1.54) is 18.3 Å². The van der Waals surface area contributed by atoms with Crippen molar-refractivity contribution in [3.05, 3.63) is 28.7 Å². The predicted molar refractivity (Wildman–Crippen MR) is 83.9 cm³/mol. The molecule has 0 aliphatic rings. The molecule has 1 atom stereocenters. The zero-order chi connectivity index (χ0) is 15.9. The van der Waals surface area contributed by atoms with Crippen LogP contribution in [0.2, 0.25) is 0 Å². The summed E-state index contributed by atoms with van der Waals surface area (Å²) < 4.78 is 26.9. The van der Waals surface area contributed by atoms with E-state index in [0.29, 0.717) is 0 Å². The lowest BCUT2D eigenvalue weighted by atomic mass is 10.2. The molecular weight excluding hydrogens is 290 g/mol. The molecule has 0 amide bonds. The van der Waals surface area contributed by atoms with Gasteiger partial charge in [-0.05, 0) is 45.5 Å². The Morgan fingerprint density at radius 2 is 1.95 bits per heavy atom. The number of H-pyrrole nitrogens is 1. The monoisotopic (exact) mass is 315 g/mol. The first-order valence-electron chi connectivity index (χ1n) is 7.32. The number of sulfonamides is 1. The van der Waals surface area contributed by atoms with Gasteiger partial charge in [-0.2, -0.15) is 0 Å². The molecule has 0 aliphatic carbocycles. The van der Waals surface area contributed by atoms with E-state index in [9.17, 15) is 13.2 Å². The second-order valence-corrected chi connectivity index (χ2v) is 6.79. The number of hydrogen-bond donors (Lipinski definition) is 2. The van der Waals surface area contributed by atoms with Gasteiger partial charge in [-0.3, -0.25) is 4.79 Å². The molecule has 0 saturated heterocycles. The van der Waals surface area contributed by atoms with Crippen LogP contribution in [0.25, 0.3) is 0 Å². The molecule has 1 aromatic heterocycles. The average molecular weight is 315 g/mol. The molecule has 0 fully saturated rings. The summed E-state index contributed by atoms with van der Waals surface area (Å²) >= 11 is 0. The molecule has 1 rings (SSSR count). The molecule has 1 aromatic rings. The Morgan fingerprint density at radius 1 is 1.29 bits per heavy atom. The van der Waals surface area contributed by atoms with Gasteiger partial charge in [-0.25, -0.2) is 13.1 Å². The highest BCUT2D eigenvalue weighted by Crippen LogP contribution is 2.08. The molecule has 120 valence electrons. The van der Waals surface area contributed by atoms with Crippen molar-refractivity contribution < 1.29 is 8.42 Å². The Kier molecular flexibility index (Phi) is 7.07. The fourth-order valence-corrected chi connectivity index (χ4v) is 3.36. The summed E-state index contributed by atoms with van der Waals surface area (Å²) in [6.45, 7) is 9.07. The standard InChI is InChI=1S/C14H25N3O3S/c1-4-17(5-2)10-6-7-12(3)16-21(19,20)13-8-9-14(18)15-11-13/h8-9,11-12,16H,4-7,10H2,1-3H3,(H,15,18). The molecule has 0 saturated carbocycles. The van der Waals surface area contributed by atoms with Crippen LogP contribution in [0, 0.1) is 0 Å². The Hall–Kier alpha value is -1.18. The van der Waals surface area contributed by atoms with Crippen LogP contribution in [0.3, 0.4) is 0 Å². The van der Waals surface area contributed by atoms with Gasteiger partial charge in [0.25, 0.3) is 0 Å². The fourth-order valence-electron chi connectivity index (χ4n) is 2.12. The zero-order valence-electron chi connectivity index (χ0n) is 12.9. The largest absolute Gasteiger partial charge is 0.328 e. The van der Waals surface area contributed by atoms with Crippen LogP contribution in [-0.4, -0.2) is 44.0 Å². The summed E-state index contributed by atoms with van der Waals surface area (Å²) in [6.07, 6.45) is 2.93. The van der Waals surface area contributed by atoms with Gasteiger partial charge in [0.1, 0.15) is 0 Å². The smallest absolute Gasteiger partial charge is 0.247 e. The minimum atomic E-state index is -3.57. The molecular formula is C14H25N3O3S. The molecule has 6 nitrogen and oxygen atoms in total. The molecule has 21 heavy (non-hydrogen) atoms. The summed E-state index contributed by atoms with van der Waals surface area (Å²) in [4.78, 5) is 15.7. The van der Waals surface area contributed by atoms with Gasteiger partial charge in [0.2, 0.25) is 15.6 Å². The second kappa shape index (κ2) is 8.31. The number of aromatic nitrogens is 1. The first-order chi connectivity index (χ1) is 9.89.